The summed E-state index contributed by atoms with van der Waals surface area (Å²) in [6.45, 7) is 2.05. The van der Waals surface area contributed by atoms with Gasteiger partial charge in [0, 0.05) is 11.3 Å². The predicted octanol–water partition coefficient (Wildman–Crippen LogP) is 2.11. The second-order valence-electron chi connectivity index (χ2n) is 3.76. The van der Waals surface area contributed by atoms with Crippen LogP contribution < -0.4 is 10.5 Å². The number of nitrogens with one attached hydrogen (secondary N) is 1. The molecule has 1 aliphatic rings. The highest BCUT2D eigenvalue weighted by Crippen LogP contribution is 2.33. The van der Waals surface area contributed by atoms with Crippen LogP contribution >= 0.6 is 11.9 Å². The lowest BCUT2D eigenvalue weighted by atomic mass is 10.2. The number of hydrogen-bond acceptors (Lipinski definition) is 5. The van der Waals surface area contributed by atoms with E-state index >= 15 is 0 Å². The highest BCUT2D eigenvalue weighted by Gasteiger charge is 2.22. The molecule has 1 fully saturated rings. The van der Waals surface area contributed by atoms with E-state index in [1.165, 1.54) is 12.8 Å². The van der Waals surface area contributed by atoms with Crippen LogP contribution in [0.4, 0.5) is 5.82 Å². The quantitative estimate of drug-likeness (QED) is 0.750. The van der Waals surface area contributed by atoms with Crippen molar-refractivity contribution in [1.82, 2.24) is 9.97 Å². The van der Waals surface area contributed by atoms with Crippen LogP contribution in [0.2, 0.25) is 0 Å². The second-order valence-corrected chi connectivity index (χ2v) is 4.87. The maximum absolute atomic E-state index is 5.89. The Morgan fingerprint density at radius 2 is 2.40 bits per heavy atom. The lowest BCUT2D eigenvalue weighted by Gasteiger charge is -2.09. The Labute approximate surface area is 94.2 Å². The zero-order valence-electron chi connectivity index (χ0n) is 8.81. The molecule has 0 bridgehead atoms. The van der Waals surface area contributed by atoms with Gasteiger partial charge in [-0.15, -0.1) is 0 Å². The normalized spacial score (nSPS) is 17.5. The number of rotatable bonds is 5. The zero-order valence-corrected chi connectivity index (χ0v) is 9.63. The van der Waals surface area contributed by atoms with E-state index in [2.05, 4.69) is 14.7 Å². The van der Waals surface area contributed by atoms with Gasteiger partial charge in [0.2, 0.25) is 0 Å². The van der Waals surface area contributed by atoms with Crippen LogP contribution in [0.3, 0.4) is 0 Å². The topological polar surface area (TPSA) is 63.8 Å². The molecule has 5 heteroatoms. The van der Waals surface area contributed by atoms with Crippen LogP contribution in [0.1, 0.15) is 37.9 Å². The summed E-state index contributed by atoms with van der Waals surface area (Å²) in [6, 6.07) is -0.00910. The average molecular weight is 224 g/mol. The van der Waals surface area contributed by atoms with Crippen LogP contribution in [0.15, 0.2) is 12.4 Å². The molecule has 82 valence electrons. The van der Waals surface area contributed by atoms with E-state index in [1.54, 1.807) is 24.3 Å². The van der Waals surface area contributed by atoms with Gasteiger partial charge in [0.05, 0.1) is 18.1 Å². The van der Waals surface area contributed by atoms with Crippen LogP contribution in [0.25, 0.3) is 0 Å². The fourth-order valence-corrected chi connectivity index (χ4v) is 1.91. The third kappa shape index (κ3) is 3.07. The van der Waals surface area contributed by atoms with Crippen LogP contribution in [0.5, 0.6) is 0 Å². The number of nitrogens with two attached hydrogens (primary N) is 1. The molecule has 1 heterocycles. The van der Waals surface area contributed by atoms with Crippen molar-refractivity contribution in [3.8, 4) is 0 Å². The molecule has 1 aliphatic carbocycles. The summed E-state index contributed by atoms with van der Waals surface area (Å²) in [5.74, 6) is 0.813. The molecule has 0 saturated heterocycles. The van der Waals surface area contributed by atoms with Gasteiger partial charge < -0.3 is 10.5 Å². The molecule has 1 saturated carbocycles. The molecule has 0 radical (unpaired) electrons. The van der Waals surface area contributed by atoms with Gasteiger partial charge in [-0.1, -0.05) is 6.92 Å². The van der Waals surface area contributed by atoms with Gasteiger partial charge in [-0.05, 0) is 31.2 Å². The third-order valence-electron chi connectivity index (χ3n) is 2.33. The minimum atomic E-state index is -0.00910. The molecule has 2 rings (SSSR count). The molecule has 4 nitrogen and oxygen atoms in total. The largest absolute Gasteiger partial charge is 0.323 e. The highest BCUT2D eigenvalue weighted by atomic mass is 32.2. The average Bonchev–Trinajstić information content (AvgIpc) is 3.09. The van der Waals surface area contributed by atoms with Crippen molar-refractivity contribution in [2.45, 2.75) is 37.5 Å². The SMILES string of the molecule is CCC(N)c1cncc(NSC2CC2)n1. The summed E-state index contributed by atoms with van der Waals surface area (Å²) in [5, 5.41) is 0.760. The fourth-order valence-electron chi connectivity index (χ4n) is 1.15. The maximum Gasteiger partial charge on any atom is 0.154 e. The van der Waals surface area contributed by atoms with Crippen molar-refractivity contribution in [1.29, 1.82) is 0 Å². The number of hydrogen-bond donors (Lipinski definition) is 2. The number of aromatic nitrogens is 2. The molecule has 0 spiro atoms. The van der Waals surface area contributed by atoms with Crippen LogP contribution in [-0.4, -0.2) is 15.2 Å². The first-order valence-corrected chi connectivity index (χ1v) is 6.16. The Morgan fingerprint density at radius 1 is 1.60 bits per heavy atom. The molecule has 0 aromatic carbocycles. The minimum Gasteiger partial charge on any atom is -0.323 e. The molecule has 1 atom stereocenters. The van der Waals surface area contributed by atoms with Gasteiger partial charge in [0.1, 0.15) is 0 Å². The first-order valence-electron chi connectivity index (χ1n) is 5.28. The third-order valence-corrected chi connectivity index (χ3v) is 3.46. The van der Waals surface area contributed by atoms with Gasteiger partial charge in [-0.25, -0.2) is 4.98 Å². The van der Waals surface area contributed by atoms with E-state index in [-0.39, 0.29) is 6.04 Å². The Morgan fingerprint density at radius 3 is 3.07 bits per heavy atom. The van der Waals surface area contributed by atoms with Gasteiger partial charge in [0.15, 0.2) is 5.82 Å². The van der Waals surface area contributed by atoms with Crippen molar-refractivity contribution in [3.05, 3.63) is 18.1 Å². The van der Waals surface area contributed by atoms with Crippen molar-refractivity contribution >= 4 is 17.8 Å². The Kier molecular flexibility index (Phi) is 3.43. The minimum absolute atomic E-state index is 0.00910. The molecule has 1 unspecified atom stereocenters. The van der Waals surface area contributed by atoms with Crippen LogP contribution in [0, 0.1) is 0 Å². The fraction of sp³-hybridized carbons (Fsp3) is 0.600. The van der Waals surface area contributed by atoms with Crippen molar-refractivity contribution < 1.29 is 0 Å². The van der Waals surface area contributed by atoms with E-state index < -0.39 is 0 Å². The summed E-state index contributed by atoms with van der Waals surface area (Å²) >= 11 is 1.73. The monoisotopic (exact) mass is 224 g/mol. The lowest BCUT2D eigenvalue weighted by Crippen LogP contribution is -2.11. The smallest absolute Gasteiger partial charge is 0.154 e. The second kappa shape index (κ2) is 4.81. The first kappa shape index (κ1) is 10.7. The summed E-state index contributed by atoms with van der Waals surface area (Å²) in [7, 11) is 0. The Hall–Kier alpha value is -0.810. The van der Waals surface area contributed by atoms with Crippen molar-refractivity contribution in [2.24, 2.45) is 5.73 Å². The molecule has 0 amide bonds. The van der Waals surface area contributed by atoms with Gasteiger partial charge >= 0.3 is 0 Å². The number of nitrogens with zero attached hydrogens (tertiary/aromatic N) is 2. The highest BCUT2D eigenvalue weighted by molar-refractivity contribution is 8.01. The van der Waals surface area contributed by atoms with Crippen molar-refractivity contribution in [3.63, 3.8) is 0 Å². The van der Waals surface area contributed by atoms with E-state index in [4.69, 9.17) is 5.73 Å². The summed E-state index contributed by atoms with van der Waals surface area (Å²) < 4.78 is 3.21. The molecular formula is C10H16N4S. The predicted molar refractivity (Wildman–Crippen MR) is 63.5 cm³/mol. The molecule has 1 aromatic rings. The molecule has 3 N–H and O–H groups in total. The van der Waals surface area contributed by atoms with Crippen LogP contribution in [-0.2, 0) is 0 Å². The summed E-state index contributed by atoms with van der Waals surface area (Å²) in [5.41, 5.74) is 6.75. The standard InChI is InChI=1S/C10H16N4S/c1-2-8(11)9-5-12-6-10(13-9)14-15-7-3-4-7/h5-8H,2-4,11H2,1H3,(H,13,14). The summed E-state index contributed by atoms with van der Waals surface area (Å²) in [4.78, 5) is 8.56. The Balaban J connectivity index is 1.97. The lowest BCUT2D eigenvalue weighted by molar-refractivity contribution is 0.672. The number of anilines is 1. The van der Waals surface area contributed by atoms with E-state index in [0.717, 1.165) is 23.2 Å². The Bertz CT molecular complexity index is 327. The maximum atomic E-state index is 5.89. The van der Waals surface area contributed by atoms with Gasteiger partial charge in [-0.2, -0.15) is 0 Å². The van der Waals surface area contributed by atoms with E-state index in [1.807, 2.05) is 6.92 Å². The van der Waals surface area contributed by atoms with Gasteiger partial charge in [-0.3, -0.25) is 4.98 Å². The molecule has 0 aliphatic heterocycles. The van der Waals surface area contributed by atoms with Gasteiger partial charge in [0.25, 0.3) is 0 Å². The van der Waals surface area contributed by atoms with E-state index in [0.29, 0.717) is 0 Å². The zero-order chi connectivity index (χ0) is 10.7. The first-order chi connectivity index (χ1) is 7.29. The molecular weight excluding hydrogens is 208 g/mol. The molecule has 1 aromatic heterocycles. The van der Waals surface area contributed by atoms with E-state index in [9.17, 15) is 0 Å². The van der Waals surface area contributed by atoms with Crippen molar-refractivity contribution in [2.75, 3.05) is 4.72 Å². The molecule has 15 heavy (non-hydrogen) atoms. The summed E-state index contributed by atoms with van der Waals surface area (Å²) in [6.07, 6.45) is 6.97.